The fraction of sp³-hybridized carbons (Fsp3) is 0.182. The molecule has 72 valence electrons. The third kappa shape index (κ3) is 1.18. The third-order valence-electron chi connectivity index (χ3n) is 2.37. The molecule has 0 aliphatic heterocycles. The molecule has 1 aromatic heterocycles. The molecular weight excluding hydrogens is 178 g/mol. The first kappa shape index (κ1) is 8.81. The molecule has 1 N–H and O–H groups in total. The van der Waals surface area contributed by atoms with Gasteiger partial charge in [0, 0.05) is 11.5 Å². The zero-order valence-corrected chi connectivity index (χ0v) is 7.90. The summed E-state index contributed by atoms with van der Waals surface area (Å²) in [5.74, 6) is 0. The predicted octanol–water partition coefficient (Wildman–Crippen LogP) is 1.80. The first-order valence-electron chi connectivity index (χ1n) is 4.57. The smallest absolute Gasteiger partial charge is 0.283 e. The van der Waals surface area contributed by atoms with Crippen LogP contribution in [-0.2, 0) is 6.42 Å². The van der Waals surface area contributed by atoms with E-state index in [2.05, 4.69) is 0 Å². The second-order valence-electron chi connectivity index (χ2n) is 3.19. The number of rotatable bonds is 1. The Morgan fingerprint density at radius 1 is 1.36 bits per heavy atom. The Bertz CT molecular complexity index is 528. The van der Waals surface area contributed by atoms with Gasteiger partial charge in [-0.05, 0) is 18.1 Å². The summed E-state index contributed by atoms with van der Waals surface area (Å²) in [4.78, 5) is 11.3. The molecule has 0 spiro atoms. The summed E-state index contributed by atoms with van der Waals surface area (Å²) in [5.41, 5.74) is 1.16. The second-order valence-corrected chi connectivity index (χ2v) is 3.19. The largest absolute Gasteiger partial charge is 0.425 e. The van der Waals surface area contributed by atoms with Crippen molar-refractivity contribution in [3.05, 3.63) is 46.2 Å². The number of nitrogens with zero attached hydrogens (tertiary/aromatic N) is 1. The van der Waals surface area contributed by atoms with Crippen molar-refractivity contribution in [3.63, 3.8) is 0 Å². The highest BCUT2D eigenvalue weighted by atomic mass is 16.5. The number of aromatic nitrogens is 1. The molecule has 0 aliphatic rings. The van der Waals surface area contributed by atoms with Crippen molar-refractivity contribution in [2.45, 2.75) is 13.3 Å². The summed E-state index contributed by atoms with van der Waals surface area (Å²) in [5, 5.41) is 10.4. The van der Waals surface area contributed by atoms with Crippen LogP contribution in [0, 0.1) is 0 Å². The quantitative estimate of drug-likeness (QED) is 0.695. The number of para-hydroxylation sites is 1. The van der Waals surface area contributed by atoms with Crippen LogP contribution in [-0.4, -0.2) is 9.94 Å². The maximum atomic E-state index is 11.3. The van der Waals surface area contributed by atoms with Crippen LogP contribution < -0.4 is 5.56 Å². The van der Waals surface area contributed by atoms with Gasteiger partial charge in [-0.15, -0.1) is 4.73 Å². The monoisotopic (exact) mass is 189 g/mol. The summed E-state index contributed by atoms with van der Waals surface area (Å²) in [6.45, 7) is 1.99. The summed E-state index contributed by atoms with van der Waals surface area (Å²) in [6, 6.07) is 8.80. The second kappa shape index (κ2) is 3.18. The van der Waals surface area contributed by atoms with E-state index in [-0.39, 0.29) is 5.56 Å². The summed E-state index contributed by atoms with van der Waals surface area (Å²) in [7, 11) is 0. The molecule has 0 fully saturated rings. The predicted molar refractivity (Wildman–Crippen MR) is 54.8 cm³/mol. The summed E-state index contributed by atoms with van der Waals surface area (Å²) >= 11 is 0. The standard InChI is InChI=1S/C11H11NO2/c1-2-8-7-11(13)12(14)10-6-4-3-5-9(8)10/h3-7,14H,2H2,1H3. The lowest BCUT2D eigenvalue weighted by Gasteiger charge is -2.06. The zero-order valence-electron chi connectivity index (χ0n) is 7.90. The molecule has 1 aromatic carbocycles. The minimum absolute atomic E-state index is 0.374. The third-order valence-corrected chi connectivity index (χ3v) is 2.37. The number of benzene rings is 1. The highest BCUT2D eigenvalue weighted by Gasteiger charge is 2.05. The Hall–Kier alpha value is -1.77. The van der Waals surface area contributed by atoms with E-state index in [4.69, 9.17) is 0 Å². The van der Waals surface area contributed by atoms with Crippen molar-refractivity contribution in [1.29, 1.82) is 0 Å². The molecule has 0 atom stereocenters. The van der Waals surface area contributed by atoms with Gasteiger partial charge in [-0.3, -0.25) is 4.79 Å². The van der Waals surface area contributed by atoms with Gasteiger partial charge in [-0.25, -0.2) is 0 Å². The van der Waals surface area contributed by atoms with Gasteiger partial charge in [-0.1, -0.05) is 25.1 Å². The molecule has 3 nitrogen and oxygen atoms in total. The van der Waals surface area contributed by atoms with Crippen LogP contribution in [0.2, 0.25) is 0 Å². The number of hydrogen-bond acceptors (Lipinski definition) is 2. The van der Waals surface area contributed by atoms with Gasteiger partial charge in [0.1, 0.15) is 0 Å². The van der Waals surface area contributed by atoms with Crippen LogP contribution >= 0.6 is 0 Å². The van der Waals surface area contributed by atoms with E-state index in [9.17, 15) is 10.0 Å². The van der Waals surface area contributed by atoms with E-state index >= 15 is 0 Å². The maximum Gasteiger partial charge on any atom is 0.283 e. The molecule has 2 rings (SSSR count). The lowest BCUT2D eigenvalue weighted by molar-refractivity contribution is 0.188. The minimum atomic E-state index is -0.374. The molecule has 0 unspecified atom stereocenters. The normalized spacial score (nSPS) is 10.6. The van der Waals surface area contributed by atoms with Gasteiger partial charge >= 0.3 is 0 Å². The van der Waals surface area contributed by atoms with Gasteiger partial charge in [0.25, 0.3) is 5.56 Å². The molecular formula is C11H11NO2. The lowest BCUT2D eigenvalue weighted by Crippen LogP contribution is -2.17. The van der Waals surface area contributed by atoms with Crippen molar-refractivity contribution in [2.75, 3.05) is 0 Å². The van der Waals surface area contributed by atoms with Crippen molar-refractivity contribution in [2.24, 2.45) is 0 Å². The number of hydrogen-bond donors (Lipinski definition) is 1. The van der Waals surface area contributed by atoms with Gasteiger partial charge in [0.15, 0.2) is 0 Å². The molecule has 0 bridgehead atoms. The first-order chi connectivity index (χ1) is 6.74. The average Bonchev–Trinajstić information content (AvgIpc) is 2.23. The Morgan fingerprint density at radius 3 is 2.79 bits per heavy atom. The van der Waals surface area contributed by atoms with Gasteiger partial charge < -0.3 is 5.21 Å². The minimum Gasteiger partial charge on any atom is -0.425 e. The molecule has 2 aromatic rings. The Balaban J connectivity index is 2.97. The summed E-state index contributed by atoms with van der Waals surface area (Å²) in [6.07, 6.45) is 0.788. The van der Waals surface area contributed by atoms with Crippen LogP contribution in [0.1, 0.15) is 12.5 Å². The van der Waals surface area contributed by atoms with Crippen molar-refractivity contribution in [1.82, 2.24) is 4.73 Å². The SMILES string of the molecule is CCc1cc(=O)n(O)c2ccccc12. The number of aryl methyl sites for hydroxylation is 1. The summed E-state index contributed by atoms with van der Waals surface area (Å²) < 4.78 is 0.689. The Labute approximate surface area is 81.2 Å². The van der Waals surface area contributed by atoms with Crippen LogP contribution in [0.25, 0.3) is 10.9 Å². The highest BCUT2D eigenvalue weighted by Crippen LogP contribution is 2.15. The van der Waals surface area contributed by atoms with E-state index in [1.165, 1.54) is 6.07 Å². The van der Waals surface area contributed by atoms with Gasteiger partial charge in [0.05, 0.1) is 5.52 Å². The lowest BCUT2D eigenvalue weighted by atomic mass is 10.1. The van der Waals surface area contributed by atoms with Crippen LogP contribution in [0.5, 0.6) is 0 Å². The van der Waals surface area contributed by atoms with Crippen molar-refractivity contribution >= 4 is 10.9 Å². The Morgan fingerprint density at radius 2 is 2.07 bits per heavy atom. The van der Waals surface area contributed by atoms with E-state index in [0.717, 1.165) is 17.4 Å². The molecule has 0 amide bonds. The van der Waals surface area contributed by atoms with Crippen LogP contribution in [0.3, 0.4) is 0 Å². The number of pyridine rings is 1. The molecule has 0 aliphatic carbocycles. The van der Waals surface area contributed by atoms with E-state index in [1.54, 1.807) is 12.1 Å². The van der Waals surface area contributed by atoms with E-state index < -0.39 is 0 Å². The van der Waals surface area contributed by atoms with Crippen molar-refractivity contribution < 1.29 is 5.21 Å². The van der Waals surface area contributed by atoms with E-state index in [0.29, 0.717) is 10.2 Å². The molecule has 14 heavy (non-hydrogen) atoms. The number of fused-ring (bicyclic) bond motifs is 1. The maximum absolute atomic E-state index is 11.3. The van der Waals surface area contributed by atoms with Crippen LogP contribution in [0.4, 0.5) is 0 Å². The molecule has 1 heterocycles. The molecule has 0 radical (unpaired) electrons. The first-order valence-corrected chi connectivity index (χ1v) is 4.57. The van der Waals surface area contributed by atoms with Crippen molar-refractivity contribution in [3.8, 4) is 0 Å². The topological polar surface area (TPSA) is 42.2 Å². The molecule has 3 heteroatoms. The fourth-order valence-electron chi connectivity index (χ4n) is 1.63. The molecule has 0 saturated heterocycles. The van der Waals surface area contributed by atoms with Crippen LogP contribution in [0.15, 0.2) is 35.1 Å². The molecule has 0 saturated carbocycles. The zero-order chi connectivity index (χ0) is 10.1. The van der Waals surface area contributed by atoms with E-state index in [1.807, 2.05) is 19.1 Å². The fourth-order valence-corrected chi connectivity index (χ4v) is 1.63. The van der Waals surface area contributed by atoms with Gasteiger partial charge in [0.2, 0.25) is 0 Å². The highest BCUT2D eigenvalue weighted by molar-refractivity contribution is 5.82. The average molecular weight is 189 g/mol. The van der Waals surface area contributed by atoms with Gasteiger partial charge in [-0.2, -0.15) is 0 Å². The Kier molecular flexibility index (Phi) is 2.00.